The average Bonchev–Trinajstić information content (AvgIpc) is 3.53. The molecule has 0 atom stereocenters. The molecule has 7 nitrogen and oxygen atoms in total. The predicted molar refractivity (Wildman–Crippen MR) is 129 cm³/mol. The fourth-order valence-corrected chi connectivity index (χ4v) is 4.00. The molecule has 0 spiro atoms. The lowest BCUT2D eigenvalue weighted by Crippen LogP contribution is -2.03. The molecule has 0 fully saturated rings. The van der Waals surface area contributed by atoms with E-state index in [0.29, 0.717) is 36.3 Å². The van der Waals surface area contributed by atoms with Crippen LogP contribution in [0.2, 0.25) is 0 Å². The van der Waals surface area contributed by atoms with Crippen molar-refractivity contribution in [1.29, 1.82) is 0 Å². The topological polar surface area (TPSA) is 95.6 Å². The zero-order valence-electron chi connectivity index (χ0n) is 18.2. The number of nitrogens with one attached hydrogen (secondary N) is 1. The summed E-state index contributed by atoms with van der Waals surface area (Å²) in [6.45, 7) is 0.642. The van der Waals surface area contributed by atoms with Crippen LogP contribution in [0.5, 0.6) is 5.88 Å². The van der Waals surface area contributed by atoms with Crippen molar-refractivity contribution in [3.63, 3.8) is 0 Å². The molecular weight excluding hydrogens is 414 g/mol. The minimum absolute atomic E-state index is 0.0510. The van der Waals surface area contributed by atoms with Crippen LogP contribution in [0.3, 0.4) is 0 Å². The zero-order chi connectivity index (χ0) is 22.8. The lowest BCUT2D eigenvalue weighted by atomic mass is 9.98. The van der Waals surface area contributed by atoms with E-state index in [1.807, 2.05) is 36.4 Å². The largest absolute Gasteiger partial charge is 0.494 e. The van der Waals surface area contributed by atoms with Crippen LogP contribution >= 0.6 is 0 Å². The van der Waals surface area contributed by atoms with Gasteiger partial charge >= 0.3 is 0 Å². The van der Waals surface area contributed by atoms with Crippen LogP contribution in [0, 0.1) is 0 Å². The molecule has 0 radical (unpaired) electrons. The second-order valence-electron chi connectivity index (χ2n) is 8.13. The highest BCUT2D eigenvalue weighted by Gasteiger charge is 2.12. The molecule has 0 bridgehead atoms. The molecule has 7 heteroatoms. The van der Waals surface area contributed by atoms with Gasteiger partial charge in [-0.25, -0.2) is 4.99 Å². The normalized spacial score (nSPS) is 13.3. The van der Waals surface area contributed by atoms with Crippen LogP contribution in [0.4, 0.5) is 0 Å². The van der Waals surface area contributed by atoms with Gasteiger partial charge < -0.3 is 10.1 Å². The van der Waals surface area contributed by atoms with Gasteiger partial charge in [-0.2, -0.15) is 5.10 Å². The third-order valence-electron chi connectivity index (χ3n) is 5.63. The number of benzene rings is 2. The Kier molecular flexibility index (Phi) is 5.44. The third kappa shape index (κ3) is 4.52. The first-order valence-electron chi connectivity index (χ1n) is 10.7. The number of aliphatic imine (C=N–C) groups is 2. The Hall–Kier alpha value is -4.26. The number of nitrogens with zero attached hydrogens (tertiary/aromatic N) is 4. The Morgan fingerprint density at radius 2 is 2.06 bits per heavy atom. The van der Waals surface area contributed by atoms with Crippen LogP contribution in [-0.2, 0) is 19.9 Å². The van der Waals surface area contributed by atoms with E-state index in [-0.39, 0.29) is 11.7 Å². The summed E-state index contributed by atoms with van der Waals surface area (Å²) in [5.41, 5.74) is 5.30. The fraction of sp³-hybridized carbons (Fsp3) is 0.154. The van der Waals surface area contributed by atoms with Gasteiger partial charge in [0.05, 0.1) is 23.9 Å². The van der Waals surface area contributed by atoms with Crippen molar-refractivity contribution >= 4 is 28.7 Å². The van der Waals surface area contributed by atoms with Crippen molar-refractivity contribution in [2.24, 2.45) is 17.0 Å². The molecule has 1 aliphatic heterocycles. The highest BCUT2D eigenvalue weighted by molar-refractivity contribution is 6.08. The lowest BCUT2D eigenvalue weighted by Gasteiger charge is -2.06. The van der Waals surface area contributed by atoms with E-state index in [9.17, 15) is 9.90 Å². The van der Waals surface area contributed by atoms with Gasteiger partial charge in [-0.05, 0) is 41.3 Å². The molecule has 2 aromatic heterocycles. The Bertz CT molecular complexity index is 1440. The quantitative estimate of drug-likeness (QED) is 0.352. The zero-order valence-corrected chi connectivity index (χ0v) is 18.2. The molecule has 2 N–H and O–H groups in total. The number of carbonyl (C=O) groups excluding carboxylic acids is 1. The molecule has 0 aliphatic carbocycles. The van der Waals surface area contributed by atoms with E-state index in [4.69, 9.17) is 0 Å². The minimum atomic E-state index is 0.0510. The van der Waals surface area contributed by atoms with Gasteiger partial charge in [0, 0.05) is 36.8 Å². The number of carbonyl (C=O) groups is 1. The first-order chi connectivity index (χ1) is 16.0. The summed E-state index contributed by atoms with van der Waals surface area (Å²) in [6, 6.07) is 14.1. The summed E-state index contributed by atoms with van der Waals surface area (Å²) in [6.07, 6.45) is 9.84. The number of Topliss-reactive ketones (excluding diaryl/α,β-unsaturated/α-hetero) is 1. The molecule has 0 saturated carbocycles. The number of aromatic amines is 1. The second kappa shape index (κ2) is 8.70. The van der Waals surface area contributed by atoms with Gasteiger partial charge in [0.25, 0.3) is 0 Å². The van der Waals surface area contributed by atoms with Crippen LogP contribution in [0.1, 0.15) is 32.6 Å². The first kappa shape index (κ1) is 20.6. The molecule has 3 heterocycles. The van der Waals surface area contributed by atoms with Crippen molar-refractivity contribution in [1.82, 2.24) is 14.8 Å². The summed E-state index contributed by atoms with van der Waals surface area (Å²) >= 11 is 0. The molecule has 4 aromatic rings. The number of amidine groups is 1. The van der Waals surface area contributed by atoms with Crippen molar-refractivity contribution in [3.8, 4) is 5.88 Å². The summed E-state index contributed by atoms with van der Waals surface area (Å²) < 4.78 is 1.63. The van der Waals surface area contributed by atoms with Gasteiger partial charge in [0.2, 0.25) is 0 Å². The van der Waals surface area contributed by atoms with Gasteiger partial charge in [-0.1, -0.05) is 36.4 Å². The van der Waals surface area contributed by atoms with E-state index in [1.165, 1.54) is 0 Å². The summed E-state index contributed by atoms with van der Waals surface area (Å²) in [4.78, 5) is 24.2. The van der Waals surface area contributed by atoms with Gasteiger partial charge in [-0.3, -0.25) is 14.5 Å². The van der Waals surface area contributed by atoms with E-state index in [0.717, 1.165) is 27.6 Å². The Balaban J connectivity index is 1.37. The van der Waals surface area contributed by atoms with Gasteiger partial charge in [0.1, 0.15) is 5.84 Å². The Morgan fingerprint density at radius 3 is 2.85 bits per heavy atom. The lowest BCUT2D eigenvalue weighted by molar-refractivity contribution is 0.0993. The van der Waals surface area contributed by atoms with Gasteiger partial charge in [0.15, 0.2) is 11.7 Å². The highest BCUT2D eigenvalue weighted by atomic mass is 16.3. The Morgan fingerprint density at radius 1 is 1.21 bits per heavy atom. The molecule has 164 valence electrons. The van der Waals surface area contributed by atoms with E-state index >= 15 is 0 Å². The smallest absolute Gasteiger partial charge is 0.198 e. The molecule has 1 aliphatic rings. The van der Waals surface area contributed by atoms with Crippen molar-refractivity contribution in [3.05, 3.63) is 94.8 Å². The van der Waals surface area contributed by atoms with E-state index < -0.39 is 0 Å². The summed E-state index contributed by atoms with van der Waals surface area (Å²) in [5.74, 6) is 0.789. The van der Waals surface area contributed by atoms with Crippen LogP contribution in [0.25, 0.3) is 10.9 Å². The number of aromatic nitrogens is 3. The number of ketones is 1. The third-order valence-corrected chi connectivity index (χ3v) is 5.63. The monoisotopic (exact) mass is 437 g/mol. The maximum atomic E-state index is 12.5. The van der Waals surface area contributed by atoms with Crippen LogP contribution in [0.15, 0.2) is 77.0 Å². The number of H-pyrrole nitrogens is 1. The Labute approximate surface area is 190 Å². The minimum Gasteiger partial charge on any atom is -0.494 e. The molecule has 0 unspecified atom stereocenters. The van der Waals surface area contributed by atoms with E-state index in [1.54, 1.807) is 30.3 Å². The SMILES string of the molecule is Cn1cc(C(=O)Cc2cccc(Cc3ccc4[nH]c(O)c(C=NC5=NCC=C5)c4c3)c2)cn1. The maximum absolute atomic E-state index is 12.5. The van der Waals surface area contributed by atoms with Gasteiger partial charge in [-0.15, -0.1) is 0 Å². The maximum Gasteiger partial charge on any atom is 0.198 e. The molecule has 5 rings (SSSR count). The summed E-state index contributed by atoms with van der Waals surface area (Å²) in [7, 11) is 1.80. The van der Waals surface area contributed by atoms with Crippen molar-refractivity contribution < 1.29 is 9.90 Å². The second-order valence-corrected chi connectivity index (χ2v) is 8.13. The number of aromatic hydroxyl groups is 1. The van der Waals surface area contributed by atoms with Crippen molar-refractivity contribution in [2.75, 3.05) is 6.54 Å². The van der Waals surface area contributed by atoms with Crippen LogP contribution < -0.4 is 0 Å². The standard InChI is InChI=1S/C26H23N5O2/c1-31-16-20(14-29-31)24(32)13-18-5-2-4-17(10-18)11-19-7-8-23-21(12-19)22(26(33)30-23)15-28-25-6-3-9-27-25/h2-8,10,12,14-16,30,33H,9,11,13H2,1H3. The highest BCUT2D eigenvalue weighted by Crippen LogP contribution is 2.27. The molecule has 33 heavy (non-hydrogen) atoms. The predicted octanol–water partition coefficient (Wildman–Crippen LogP) is 4.01. The number of rotatable bonds is 6. The van der Waals surface area contributed by atoms with E-state index in [2.05, 4.69) is 38.3 Å². The molecule has 0 saturated heterocycles. The van der Waals surface area contributed by atoms with Crippen molar-refractivity contribution in [2.45, 2.75) is 12.8 Å². The number of aryl methyl sites for hydroxylation is 1. The summed E-state index contributed by atoms with van der Waals surface area (Å²) in [5, 5.41) is 15.3. The number of hydrogen-bond donors (Lipinski definition) is 2. The fourth-order valence-electron chi connectivity index (χ4n) is 4.00. The number of fused-ring (bicyclic) bond motifs is 1. The first-order valence-corrected chi connectivity index (χ1v) is 10.7. The molecule has 0 amide bonds. The average molecular weight is 438 g/mol. The molecular formula is C26H23N5O2. The van der Waals surface area contributed by atoms with Crippen LogP contribution in [-0.4, -0.2) is 44.2 Å². The number of hydrogen-bond acceptors (Lipinski definition) is 5. The molecule has 2 aromatic carbocycles.